The lowest BCUT2D eigenvalue weighted by atomic mass is 9.71. The van der Waals surface area contributed by atoms with E-state index in [1.54, 1.807) is 0 Å². The van der Waals surface area contributed by atoms with Crippen molar-refractivity contribution < 1.29 is 39.6 Å². The van der Waals surface area contributed by atoms with Gasteiger partial charge in [-0.3, -0.25) is 14.4 Å². The lowest BCUT2D eigenvalue weighted by molar-refractivity contribution is -0.151. The number of rotatable bonds is 9. The molecule has 4 fully saturated rings. The van der Waals surface area contributed by atoms with E-state index in [0.717, 1.165) is 32.1 Å². The normalized spacial score (nSPS) is 42.6. The van der Waals surface area contributed by atoms with Crippen LogP contribution in [-0.4, -0.2) is 79.9 Å². The van der Waals surface area contributed by atoms with Gasteiger partial charge >= 0.3 is 11.9 Å². The summed E-state index contributed by atoms with van der Waals surface area (Å²) in [5, 5.41) is 41.5. The van der Waals surface area contributed by atoms with E-state index >= 15 is 0 Å². The molecule has 0 aliphatic heterocycles. The van der Waals surface area contributed by atoms with Gasteiger partial charge in [0.05, 0.1) is 47.3 Å². The maximum atomic E-state index is 13.0. The van der Waals surface area contributed by atoms with Crippen LogP contribution in [0, 0.1) is 35.5 Å². The molecule has 10 nitrogen and oxygen atoms in total. The van der Waals surface area contributed by atoms with Crippen LogP contribution >= 0.6 is 23.2 Å². The zero-order valence-electron chi connectivity index (χ0n) is 22.8. The molecule has 0 saturated heterocycles. The average molecular weight is 608 g/mol. The Balaban J connectivity index is 1.20. The van der Waals surface area contributed by atoms with Crippen molar-refractivity contribution in [3.05, 3.63) is 0 Å². The number of aliphatic carboxylic acids is 2. The first-order valence-corrected chi connectivity index (χ1v) is 15.7. The fraction of sp³-hybridized carbons (Fsp3) is 0.893. The highest BCUT2D eigenvalue weighted by Gasteiger charge is 2.42. The number of carboxylic acid groups (broad SMARTS) is 2. The van der Waals surface area contributed by atoms with E-state index in [4.69, 9.17) is 28.0 Å². The zero-order valence-corrected chi connectivity index (χ0v) is 24.3. The minimum atomic E-state index is -0.999. The van der Waals surface area contributed by atoms with Crippen molar-refractivity contribution >= 4 is 41.0 Å². The lowest BCUT2D eigenvalue weighted by Gasteiger charge is -2.42. The molecule has 0 aromatic heterocycles. The molecule has 228 valence electrons. The molecule has 40 heavy (non-hydrogen) atoms. The number of alkyl halides is 2. The second-order valence-corrected chi connectivity index (χ2v) is 13.6. The summed E-state index contributed by atoms with van der Waals surface area (Å²) in [6, 6.07) is -0.282. The maximum Gasteiger partial charge on any atom is 0.307 e. The highest BCUT2D eigenvalue weighted by Crippen LogP contribution is 2.42. The first-order chi connectivity index (χ1) is 19.0. The van der Waals surface area contributed by atoms with Gasteiger partial charge in [-0.05, 0) is 94.8 Å². The van der Waals surface area contributed by atoms with Crippen LogP contribution < -0.4 is 10.8 Å². The van der Waals surface area contributed by atoms with Crippen LogP contribution in [-0.2, 0) is 19.2 Å². The summed E-state index contributed by atoms with van der Waals surface area (Å²) in [6.07, 6.45) is 5.99. The predicted molar refractivity (Wildman–Crippen MR) is 148 cm³/mol. The van der Waals surface area contributed by atoms with Gasteiger partial charge in [-0.1, -0.05) is 0 Å². The Morgan fingerprint density at radius 2 is 1.23 bits per heavy atom. The Bertz CT molecular complexity index is 896. The van der Waals surface area contributed by atoms with Crippen molar-refractivity contribution in [2.75, 3.05) is 6.61 Å². The molecule has 4 saturated carbocycles. The van der Waals surface area contributed by atoms with E-state index in [0.29, 0.717) is 50.4 Å². The number of carbonyl (C=O) groups is 3. The Labute approximate surface area is 245 Å². The van der Waals surface area contributed by atoms with Crippen molar-refractivity contribution in [2.45, 2.75) is 112 Å². The van der Waals surface area contributed by atoms with E-state index in [9.17, 15) is 34.8 Å². The van der Waals surface area contributed by atoms with Gasteiger partial charge in [-0.25, -0.2) is 0 Å². The molecule has 4 rings (SSSR count). The molecular weight excluding hydrogens is 563 g/mol. The third kappa shape index (κ3) is 8.01. The predicted octanol–water partition coefficient (Wildman–Crippen LogP) is 2.90. The standard InChI is InChI=1S/C28H44Cl2N2O8/c29-22-10-14(1-7-24(22)31-26(35)21-12-18(34)4-6-20(21)28(38)39)15-2-8-25(23(30)11-15)32-40-13-16-9-17(33)3-5-19(16)27(36)37/h14-25,32-34H,1-13H2,(H,31,35)(H,36,37)(H,38,39). The van der Waals surface area contributed by atoms with Gasteiger partial charge in [-0.15, -0.1) is 23.2 Å². The highest BCUT2D eigenvalue weighted by atomic mass is 35.5. The highest BCUT2D eigenvalue weighted by molar-refractivity contribution is 6.21. The van der Waals surface area contributed by atoms with Crippen molar-refractivity contribution in [3.8, 4) is 0 Å². The van der Waals surface area contributed by atoms with Gasteiger partial charge in [0.25, 0.3) is 0 Å². The molecular formula is C28H44Cl2N2O8. The minimum absolute atomic E-state index is 0.0508. The molecule has 4 aliphatic carbocycles. The quantitative estimate of drug-likeness (QED) is 0.171. The second kappa shape index (κ2) is 14.3. The van der Waals surface area contributed by atoms with Crippen molar-refractivity contribution in [3.63, 3.8) is 0 Å². The molecule has 4 aliphatic rings. The number of hydrogen-bond acceptors (Lipinski definition) is 7. The van der Waals surface area contributed by atoms with Crippen molar-refractivity contribution in [2.24, 2.45) is 35.5 Å². The zero-order chi connectivity index (χ0) is 29.0. The van der Waals surface area contributed by atoms with Gasteiger partial charge in [0.15, 0.2) is 0 Å². The molecule has 12 atom stereocenters. The van der Waals surface area contributed by atoms with E-state index in [1.165, 1.54) is 0 Å². The molecule has 0 aromatic carbocycles. The summed E-state index contributed by atoms with van der Waals surface area (Å²) < 4.78 is 0. The number of carbonyl (C=O) groups excluding carboxylic acids is 1. The van der Waals surface area contributed by atoms with Gasteiger partial charge in [-0.2, -0.15) is 5.48 Å². The maximum absolute atomic E-state index is 13.0. The van der Waals surface area contributed by atoms with Gasteiger partial charge < -0.3 is 30.6 Å². The second-order valence-electron chi connectivity index (χ2n) is 12.5. The van der Waals surface area contributed by atoms with Crippen LogP contribution in [0.5, 0.6) is 0 Å². The van der Waals surface area contributed by atoms with Gasteiger partial charge in [0.2, 0.25) is 5.91 Å². The van der Waals surface area contributed by atoms with E-state index in [-0.39, 0.29) is 47.7 Å². The fourth-order valence-corrected chi connectivity index (χ4v) is 8.30. The molecule has 0 radical (unpaired) electrons. The molecule has 0 bridgehead atoms. The number of aliphatic hydroxyl groups excluding tert-OH is 2. The van der Waals surface area contributed by atoms with E-state index in [2.05, 4.69) is 10.8 Å². The average Bonchev–Trinajstić information content (AvgIpc) is 2.90. The van der Waals surface area contributed by atoms with Gasteiger partial charge in [0, 0.05) is 12.1 Å². The Morgan fingerprint density at radius 3 is 1.80 bits per heavy atom. The van der Waals surface area contributed by atoms with Crippen LogP contribution in [0.15, 0.2) is 0 Å². The third-order valence-corrected chi connectivity index (χ3v) is 10.9. The molecule has 0 spiro atoms. The van der Waals surface area contributed by atoms with Crippen LogP contribution in [0.3, 0.4) is 0 Å². The van der Waals surface area contributed by atoms with Crippen molar-refractivity contribution in [1.82, 2.24) is 10.8 Å². The topological polar surface area (TPSA) is 165 Å². The summed E-state index contributed by atoms with van der Waals surface area (Å²) in [4.78, 5) is 41.9. The largest absolute Gasteiger partial charge is 0.481 e. The smallest absolute Gasteiger partial charge is 0.307 e. The van der Waals surface area contributed by atoms with Crippen LogP contribution in [0.2, 0.25) is 0 Å². The molecule has 0 heterocycles. The SMILES string of the molecule is O=C(O)C1CCC(O)CC1CONC1CCC(C2CCC(NC(=O)C3CC(O)CCC3C(=O)O)C(Cl)C2)CC1Cl. The number of carboxylic acids is 2. The van der Waals surface area contributed by atoms with E-state index < -0.39 is 41.9 Å². The van der Waals surface area contributed by atoms with Crippen LogP contribution in [0.1, 0.15) is 77.0 Å². The first-order valence-electron chi connectivity index (χ1n) is 14.8. The summed E-state index contributed by atoms with van der Waals surface area (Å²) >= 11 is 13.5. The third-order valence-electron chi connectivity index (χ3n) is 9.90. The number of halogens is 2. The number of hydrogen-bond donors (Lipinski definition) is 6. The molecule has 12 heteroatoms. The fourth-order valence-electron chi connectivity index (χ4n) is 7.48. The molecule has 0 aromatic rings. The lowest BCUT2D eigenvalue weighted by Crippen LogP contribution is -2.51. The van der Waals surface area contributed by atoms with Crippen LogP contribution in [0.25, 0.3) is 0 Å². The first kappa shape index (κ1) is 31.8. The Morgan fingerprint density at radius 1 is 0.675 bits per heavy atom. The molecule has 6 N–H and O–H groups in total. The minimum Gasteiger partial charge on any atom is -0.481 e. The number of nitrogens with one attached hydrogen (secondary N) is 2. The number of aliphatic hydroxyl groups is 2. The van der Waals surface area contributed by atoms with E-state index in [1.807, 2.05) is 0 Å². The molecule has 12 unspecified atom stereocenters. The molecule has 1 amide bonds. The number of hydroxylamine groups is 1. The Kier molecular flexibility index (Phi) is 11.4. The monoisotopic (exact) mass is 606 g/mol. The summed E-state index contributed by atoms with van der Waals surface area (Å²) in [5.41, 5.74) is 3.06. The van der Waals surface area contributed by atoms with Crippen molar-refractivity contribution in [1.29, 1.82) is 0 Å². The summed E-state index contributed by atoms with van der Waals surface area (Å²) in [7, 11) is 0. The summed E-state index contributed by atoms with van der Waals surface area (Å²) in [5.74, 6) is -3.68. The number of amides is 1. The van der Waals surface area contributed by atoms with Gasteiger partial charge in [0.1, 0.15) is 0 Å². The van der Waals surface area contributed by atoms with Crippen LogP contribution in [0.4, 0.5) is 0 Å². The Hall–Kier alpha value is -1.17. The summed E-state index contributed by atoms with van der Waals surface area (Å²) in [6.45, 7) is 0.217.